The normalized spacial score (nSPS) is 22.7. The molecule has 1 aromatic carbocycles. The van der Waals surface area contributed by atoms with Crippen LogP contribution in [0.5, 0.6) is 0 Å². The second kappa shape index (κ2) is 3.95. The molecule has 84 valence electrons. The van der Waals surface area contributed by atoms with Gasteiger partial charge in [-0.2, -0.15) is 0 Å². The van der Waals surface area contributed by atoms with Crippen LogP contribution in [0.1, 0.15) is 30.9 Å². The van der Waals surface area contributed by atoms with Crippen LogP contribution in [0.15, 0.2) is 30.5 Å². The number of rotatable bonds is 1. The number of H-pyrrole nitrogens is 1. The van der Waals surface area contributed by atoms with E-state index in [4.69, 9.17) is 0 Å². The Labute approximate surface area is 96.3 Å². The molecule has 1 N–H and O–H groups in total. The van der Waals surface area contributed by atoms with Crippen molar-refractivity contribution in [2.75, 3.05) is 13.6 Å². The number of piperidine rings is 1. The van der Waals surface area contributed by atoms with Gasteiger partial charge < -0.3 is 4.98 Å². The van der Waals surface area contributed by atoms with Crippen LogP contribution in [0.4, 0.5) is 0 Å². The first-order valence-corrected chi connectivity index (χ1v) is 6.12. The molecule has 1 aromatic heterocycles. The van der Waals surface area contributed by atoms with E-state index < -0.39 is 0 Å². The summed E-state index contributed by atoms with van der Waals surface area (Å²) in [6, 6.07) is 9.58. The van der Waals surface area contributed by atoms with Crippen LogP contribution in [0, 0.1) is 0 Å². The van der Waals surface area contributed by atoms with Crippen LogP contribution in [-0.4, -0.2) is 23.5 Å². The van der Waals surface area contributed by atoms with Crippen LogP contribution in [0.3, 0.4) is 0 Å². The van der Waals surface area contributed by atoms with E-state index in [0.717, 1.165) is 0 Å². The molecule has 0 aliphatic carbocycles. The Kier molecular flexibility index (Phi) is 2.44. The van der Waals surface area contributed by atoms with E-state index in [0.29, 0.717) is 6.04 Å². The minimum atomic E-state index is 0.619. The first-order chi connectivity index (χ1) is 7.84. The molecule has 1 atom stereocenters. The molecular formula is C14H18N2. The zero-order chi connectivity index (χ0) is 11.0. The molecule has 0 radical (unpaired) electrons. The van der Waals surface area contributed by atoms with Crippen molar-refractivity contribution >= 4 is 10.9 Å². The number of fused-ring (bicyclic) bond motifs is 1. The smallest absolute Gasteiger partial charge is 0.0454 e. The summed E-state index contributed by atoms with van der Waals surface area (Å²) >= 11 is 0. The molecule has 1 fully saturated rings. The highest BCUT2D eigenvalue weighted by Gasteiger charge is 2.20. The first-order valence-electron chi connectivity index (χ1n) is 6.12. The van der Waals surface area contributed by atoms with Crippen LogP contribution in [0.25, 0.3) is 10.9 Å². The second-order valence-corrected chi connectivity index (χ2v) is 4.82. The summed E-state index contributed by atoms with van der Waals surface area (Å²) in [5, 5.41) is 1.33. The average Bonchev–Trinajstić information content (AvgIpc) is 2.76. The van der Waals surface area contributed by atoms with E-state index in [-0.39, 0.29) is 0 Å². The summed E-state index contributed by atoms with van der Waals surface area (Å²) in [7, 11) is 2.24. The first kappa shape index (κ1) is 9.91. The number of nitrogens with zero attached hydrogens (tertiary/aromatic N) is 1. The molecular weight excluding hydrogens is 196 g/mol. The fourth-order valence-corrected chi connectivity index (χ4v) is 2.78. The van der Waals surface area contributed by atoms with Gasteiger partial charge in [-0.3, -0.25) is 4.90 Å². The Morgan fingerprint density at radius 2 is 2.19 bits per heavy atom. The van der Waals surface area contributed by atoms with Gasteiger partial charge >= 0.3 is 0 Å². The number of hydrogen-bond acceptors (Lipinski definition) is 1. The Hall–Kier alpha value is -1.28. The molecule has 0 unspecified atom stereocenters. The number of aromatic nitrogens is 1. The van der Waals surface area contributed by atoms with Crippen molar-refractivity contribution in [3.05, 3.63) is 36.0 Å². The zero-order valence-corrected chi connectivity index (χ0v) is 9.74. The van der Waals surface area contributed by atoms with Crippen molar-refractivity contribution in [1.29, 1.82) is 0 Å². The molecule has 1 aliphatic heterocycles. The van der Waals surface area contributed by atoms with Gasteiger partial charge in [0.15, 0.2) is 0 Å². The third-order valence-electron chi connectivity index (χ3n) is 3.73. The molecule has 0 saturated carbocycles. The fraction of sp³-hybridized carbons (Fsp3) is 0.429. The number of hydrogen-bond donors (Lipinski definition) is 1. The fourth-order valence-electron chi connectivity index (χ4n) is 2.78. The number of nitrogens with one attached hydrogen (secondary N) is 1. The van der Waals surface area contributed by atoms with Crippen molar-refractivity contribution in [3.63, 3.8) is 0 Å². The Morgan fingerprint density at radius 3 is 3.06 bits per heavy atom. The monoisotopic (exact) mass is 214 g/mol. The lowest BCUT2D eigenvalue weighted by atomic mass is 9.95. The van der Waals surface area contributed by atoms with E-state index >= 15 is 0 Å². The molecule has 3 rings (SSSR count). The minimum absolute atomic E-state index is 0.619. The average molecular weight is 214 g/mol. The highest BCUT2D eigenvalue weighted by Crippen LogP contribution is 2.30. The van der Waals surface area contributed by atoms with Gasteiger partial charge in [0.05, 0.1) is 0 Å². The largest absolute Gasteiger partial charge is 0.361 e. The van der Waals surface area contributed by atoms with Gasteiger partial charge in [0.2, 0.25) is 0 Å². The van der Waals surface area contributed by atoms with Crippen LogP contribution < -0.4 is 0 Å². The summed E-state index contributed by atoms with van der Waals surface area (Å²) < 4.78 is 0. The van der Waals surface area contributed by atoms with Crippen LogP contribution in [-0.2, 0) is 0 Å². The van der Waals surface area contributed by atoms with Gasteiger partial charge in [-0.25, -0.2) is 0 Å². The maximum atomic E-state index is 3.25. The van der Waals surface area contributed by atoms with Gasteiger partial charge in [-0.1, -0.05) is 12.5 Å². The minimum Gasteiger partial charge on any atom is -0.361 e. The molecule has 1 aliphatic rings. The van der Waals surface area contributed by atoms with Crippen molar-refractivity contribution in [3.8, 4) is 0 Å². The highest BCUT2D eigenvalue weighted by molar-refractivity contribution is 5.80. The third-order valence-corrected chi connectivity index (χ3v) is 3.73. The zero-order valence-electron chi connectivity index (χ0n) is 9.74. The Morgan fingerprint density at radius 1 is 1.25 bits per heavy atom. The van der Waals surface area contributed by atoms with Crippen molar-refractivity contribution in [2.24, 2.45) is 0 Å². The number of aromatic amines is 1. The number of likely N-dealkylation sites (tertiary alicyclic amines) is 1. The summed E-state index contributed by atoms with van der Waals surface area (Å²) in [6.07, 6.45) is 6.02. The van der Waals surface area contributed by atoms with Crippen LogP contribution >= 0.6 is 0 Å². The second-order valence-electron chi connectivity index (χ2n) is 4.82. The summed E-state index contributed by atoms with van der Waals surface area (Å²) in [5.74, 6) is 0. The molecule has 2 heteroatoms. The molecule has 2 aromatic rings. The van der Waals surface area contributed by atoms with Crippen molar-refractivity contribution in [2.45, 2.75) is 25.3 Å². The topological polar surface area (TPSA) is 19.0 Å². The van der Waals surface area contributed by atoms with Gasteiger partial charge in [-0.15, -0.1) is 0 Å². The SMILES string of the molecule is CN1CCCC[C@H]1c1ccc2[nH]ccc2c1. The molecule has 0 amide bonds. The van der Waals surface area contributed by atoms with Gasteiger partial charge in [0, 0.05) is 17.8 Å². The third kappa shape index (κ3) is 1.63. The predicted octanol–water partition coefficient (Wildman–Crippen LogP) is 3.32. The molecule has 0 bridgehead atoms. The van der Waals surface area contributed by atoms with E-state index in [1.165, 1.54) is 42.3 Å². The standard InChI is InChI=1S/C14H18N2/c1-16-9-3-2-4-14(16)12-5-6-13-11(10-12)7-8-15-13/h5-8,10,14-15H,2-4,9H2,1H3/t14-/m0/s1. The molecule has 2 heterocycles. The highest BCUT2D eigenvalue weighted by atomic mass is 15.1. The van der Waals surface area contributed by atoms with Crippen molar-refractivity contribution in [1.82, 2.24) is 9.88 Å². The predicted molar refractivity (Wildman–Crippen MR) is 67.5 cm³/mol. The molecule has 0 spiro atoms. The van der Waals surface area contributed by atoms with Gasteiger partial charge in [-0.05, 0) is 55.6 Å². The lowest BCUT2D eigenvalue weighted by Gasteiger charge is -2.32. The van der Waals surface area contributed by atoms with E-state index in [1.807, 2.05) is 6.20 Å². The van der Waals surface area contributed by atoms with E-state index in [9.17, 15) is 0 Å². The number of benzene rings is 1. The lowest BCUT2D eigenvalue weighted by Crippen LogP contribution is -2.29. The summed E-state index contributed by atoms with van der Waals surface area (Å²) in [5.41, 5.74) is 2.71. The Balaban J connectivity index is 1.97. The van der Waals surface area contributed by atoms with Gasteiger partial charge in [0.25, 0.3) is 0 Å². The van der Waals surface area contributed by atoms with E-state index in [1.54, 1.807) is 0 Å². The van der Waals surface area contributed by atoms with Crippen molar-refractivity contribution < 1.29 is 0 Å². The molecule has 16 heavy (non-hydrogen) atoms. The molecule has 2 nitrogen and oxygen atoms in total. The molecule has 1 saturated heterocycles. The van der Waals surface area contributed by atoms with E-state index in [2.05, 4.69) is 41.2 Å². The summed E-state index contributed by atoms with van der Waals surface area (Å²) in [6.45, 7) is 1.23. The lowest BCUT2D eigenvalue weighted by molar-refractivity contribution is 0.187. The quantitative estimate of drug-likeness (QED) is 0.771. The maximum absolute atomic E-state index is 3.25. The Bertz CT molecular complexity index is 486. The van der Waals surface area contributed by atoms with Gasteiger partial charge in [0.1, 0.15) is 0 Å². The maximum Gasteiger partial charge on any atom is 0.0454 e. The summed E-state index contributed by atoms with van der Waals surface area (Å²) in [4.78, 5) is 5.73. The van der Waals surface area contributed by atoms with Crippen LogP contribution in [0.2, 0.25) is 0 Å².